The number of hydrogen-bond donors (Lipinski definition) is 4. The maximum Gasteiger partial charge on any atom is 0.224 e. The number of rotatable bonds is 11. The van der Waals surface area contributed by atoms with E-state index in [9.17, 15) is 19.8 Å². The Bertz CT molecular complexity index is 641. The Hall–Kier alpha value is -2.18. The standard InChI is InChI=1S/C22H32N2O4/c1-2-8-18(21(28)24-22(16-26)11-6-7-12-22)14-20(27)23-19(15-25)13-17-9-4-3-5-10-17/h2-5,9-10,18-19,25-26H,1,6-8,11-16H2,(H,23,27)(H,24,28)/t18-,19+/m1/s1. The fourth-order valence-electron chi connectivity index (χ4n) is 3.79. The summed E-state index contributed by atoms with van der Waals surface area (Å²) >= 11 is 0. The van der Waals surface area contributed by atoms with E-state index in [0.717, 1.165) is 31.2 Å². The lowest BCUT2D eigenvalue weighted by Crippen LogP contribution is -2.51. The first-order valence-corrected chi connectivity index (χ1v) is 10.00. The SMILES string of the molecule is C=CC[C@H](CC(=O)N[C@H](CO)Cc1ccccc1)C(=O)NC1(CO)CCCC1. The zero-order chi connectivity index (χ0) is 20.4. The van der Waals surface area contributed by atoms with Gasteiger partial charge in [0.25, 0.3) is 0 Å². The minimum Gasteiger partial charge on any atom is -0.394 e. The van der Waals surface area contributed by atoms with E-state index in [-0.39, 0.29) is 31.4 Å². The molecule has 2 atom stereocenters. The molecule has 0 aliphatic heterocycles. The van der Waals surface area contributed by atoms with E-state index in [2.05, 4.69) is 17.2 Å². The molecule has 2 rings (SSSR count). The average molecular weight is 389 g/mol. The van der Waals surface area contributed by atoms with Crippen molar-refractivity contribution in [1.29, 1.82) is 0 Å². The van der Waals surface area contributed by atoms with E-state index in [1.807, 2.05) is 30.3 Å². The number of nitrogens with one attached hydrogen (secondary N) is 2. The molecule has 1 aliphatic carbocycles. The zero-order valence-electron chi connectivity index (χ0n) is 16.4. The minimum atomic E-state index is -0.562. The van der Waals surface area contributed by atoms with E-state index >= 15 is 0 Å². The van der Waals surface area contributed by atoms with Crippen LogP contribution < -0.4 is 10.6 Å². The Balaban J connectivity index is 1.93. The molecule has 0 saturated heterocycles. The van der Waals surface area contributed by atoms with E-state index in [0.29, 0.717) is 12.8 Å². The molecule has 0 radical (unpaired) electrons. The van der Waals surface area contributed by atoms with Crippen molar-refractivity contribution >= 4 is 11.8 Å². The second kappa shape index (κ2) is 11.0. The first-order chi connectivity index (χ1) is 13.5. The highest BCUT2D eigenvalue weighted by Gasteiger charge is 2.36. The third-order valence-corrected chi connectivity index (χ3v) is 5.42. The van der Waals surface area contributed by atoms with Crippen LogP contribution in [0.15, 0.2) is 43.0 Å². The molecule has 154 valence electrons. The van der Waals surface area contributed by atoms with Gasteiger partial charge < -0.3 is 20.8 Å². The summed E-state index contributed by atoms with van der Waals surface area (Å²) in [6.07, 6.45) is 6.02. The lowest BCUT2D eigenvalue weighted by atomic mass is 9.94. The molecule has 6 heteroatoms. The fourth-order valence-corrected chi connectivity index (χ4v) is 3.79. The van der Waals surface area contributed by atoms with Gasteiger partial charge in [-0.15, -0.1) is 6.58 Å². The van der Waals surface area contributed by atoms with Crippen LogP contribution in [0.4, 0.5) is 0 Å². The fraction of sp³-hybridized carbons (Fsp3) is 0.545. The molecule has 0 unspecified atom stereocenters. The van der Waals surface area contributed by atoms with Crippen LogP contribution in [-0.4, -0.2) is 46.8 Å². The van der Waals surface area contributed by atoms with Crippen LogP contribution in [-0.2, 0) is 16.0 Å². The van der Waals surface area contributed by atoms with Crippen LogP contribution in [0.1, 0.15) is 44.1 Å². The van der Waals surface area contributed by atoms with Crippen molar-refractivity contribution in [3.8, 4) is 0 Å². The zero-order valence-corrected chi connectivity index (χ0v) is 16.4. The van der Waals surface area contributed by atoms with Crippen LogP contribution in [0, 0.1) is 5.92 Å². The highest BCUT2D eigenvalue weighted by atomic mass is 16.3. The molecule has 0 heterocycles. The van der Waals surface area contributed by atoms with Crippen LogP contribution >= 0.6 is 0 Å². The molecule has 1 aromatic rings. The predicted molar refractivity (Wildman–Crippen MR) is 109 cm³/mol. The third-order valence-electron chi connectivity index (χ3n) is 5.42. The summed E-state index contributed by atoms with van der Waals surface area (Å²) in [7, 11) is 0. The molecule has 0 aromatic heterocycles. The Morgan fingerprint density at radius 1 is 1.18 bits per heavy atom. The first kappa shape index (κ1) is 22.1. The Labute approximate surface area is 167 Å². The second-order valence-corrected chi connectivity index (χ2v) is 7.70. The highest BCUT2D eigenvalue weighted by Crippen LogP contribution is 2.29. The lowest BCUT2D eigenvalue weighted by Gasteiger charge is -2.30. The van der Waals surface area contributed by atoms with Crippen LogP contribution in [0.5, 0.6) is 0 Å². The molecule has 28 heavy (non-hydrogen) atoms. The van der Waals surface area contributed by atoms with Gasteiger partial charge in [-0.3, -0.25) is 9.59 Å². The van der Waals surface area contributed by atoms with Crippen molar-refractivity contribution in [3.63, 3.8) is 0 Å². The third kappa shape index (κ3) is 6.46. The molecule has 2 amide bonds. The van der Waals surface area contributed by atoms with Crippen LogP contribution in [0.2, 0.25) is 0 Å². The number of aliphatic hydroxyl groups is 2. The number of carbonyl (C=O) groups excluding carboxylic acids is 2. The molecule has 6 nitrogen and oxygen atoms in total. The molecule has 1 aromatic carbocycles. The molecular formula is C22H32N2O4. The van der Waals surface area contributed by atoms with Crippen molar-refractivity contribution in [2.75, 3.05) is 13.2 Å². The molecule has 0 spiro atoms. The molecule has 1 aliphatic rings. The molecular weight excluding hydrogens is 356 g/mol. The molecule has 4 N–H and O–H groups in total. The summed E-state index contributed by atoms with van der Waals surface area (Å²) in [5, 5.41) is 25.1. The number of aliphatic hydroxyl groups excluding tert-OH is 2. The van der Waals surface area contributed by atoms with Gasteiger partial charge in [-0.25, -0.2) is 0 Å². The highest BCUT2D eigenvalue weighted by molar-refractivity contribution is 5.86. The van der Waals surface area contributed by atoms with Gasteiger partial charge in [-0.2, -0.15) is 0 Å². The number of carbonyl (C=O) groups is 2. The van der Waals surface area contributed by atoms with Gasteiger partial charge >= 0.3 is 0 Å². The number of benzene rings is 1. The van der Waals surface area contributed by atoms with Crippen molar-refractivity contribution in [1.82, 2.24) is 10.6 Å². The van der Waals surface area contributed by atoms with Gasteiger partial charge in [0.05, 0.1) is 30.7 Å². The monoisotopic (exact) mass is 388 g/mol. The molecule has 1 fully saturated rings. The number of amides is 2. The van der Waals surface area contributed by atoms with Crippen molar-refractivity contribution in [3.05, 3.63) is 48.6 Å². The predicted octanol–water partition coefficient (Wildman–Crippen LogP) is 1.71. The largest absolute Gasteiger partial charge is 0.394 e. The van der Waals surface area contributed by atoms with Gasteiger partial charge in [0.1, 0.15) is 0 Å². The van der Waals surface area contributed by atoms with Gasteiger partial charge in [-0.1, -0.05) is 49.2 Å². The van der Waals surface area contributed by atoms with Crippen molar-refractivity contribution < 1.29 is 19.8 Å². The summed E-state index contributed by atoms with van der Waals surface area (Å²) < 4.78 is 0. The van der Waals surface area contributed by atoms with E-state index in [1.165, 1.54) is 0 Å². The number of hydrogen-bond acceptors (Lipinski definition) is 4. The van der Waals surface area contributed by atoms with Crippen molar-refractivity contribution in [2.24, 2.45) is 5.92 Å². The summed E-state index contributed by atoms with van der Waals surface area (Å²) in [5.74, 6) is -1.05. The van der Waals surface area contributed by atoms with Gasteiger partial charge in [0.2, 0.25) is 11.8 Å². The normalized spacial score (nSPS) is 17.5. The topological polar surface area (TPSA) is 98.7 Å². The summed E-state index contributed by atoms with van der Waals surface area (Å²) in [4.78, 5) is 25.2. The molecule has 0 bridgehead atoms. The average Bonchev–Trinajstić information content (AvgIpc) is 3.16. The van der Waals surface area contributed by atoms with Gasteiger partial charge in [-0.05, 0) is 31.2 Å². The quantitative estimate of drug-likeness (QED) is 0.434. The summed E-state index contributed by atoms with van der Waals surface area (Å²) in [5.41, 5.74) is 0.460. The Kier molecular flexibility index (Phi) is 8.67. The van der Waals surface area contributed by atoms with Gasteiger partial charge in [0.15, 0.2) is 0 Å². The lowest BCUT2D eigenvalue weighted by molar-refractivity contribution is -0.132. The van der Waals surface area contributed by atoms with E-state index in [4.69, 9.17) is 0 Å². The first-order valence-electron chi connectivity index (χ1n) is 10.00. The summed E-state index contributed by atoms with van der Waals surface area (Å²) in [6, 6.07) is 9.22. The smallest absolute Gasteiger partial charge is 0.224 e. The van der Waals surface area contributed by atoms with Gasteiger partial charge in [0, 0.05) is 6.42 Å². The van der Waals surface area contributed by atoms with E-state index < -0.39 is 17.5 Å². The number of allylic oxidation sites excluding steroid dienone is 1. The second-order valence-electron chi connectivity index (χ2n) is 7.70. The Morgan fingerprint density at radius 2 is 1.86 bits per heavy atom. The minimum absolute atomic E-state index is 0.0185. The van der Waals surface area contributed by atoms with Crippen LogP contribution in [0.3, 0.4) is 0 Å². The van der Waals surface area contributed by atoms with Crippen LogP contribution in [0.25, 0.3) is 0 Å². The molecule has 1 saturated carbocycles. The maximum absolute atomic E-state index is 12.7. The Morgan fingerprint density at radius 3 is 2.43 bits per heavy atom. The summed E-state index contributed by atoms with van der Waals surface area (Å²) in [6.45, 7) is 3.43. The van der Waals surface area contributed by atoms with Crippen molar-refractivity contribution in [2.45, 2.75) is 56.5 Å². The maximum atomic E-state index is 12.7. The van der Waals surface area contributed by atoms with E-state index in [1.54, 1.807) is 6.08 Å².